The summed E-state index contributed by atoms with van der Waals surface area (Å²) in [6.07, 6.45) is 2.46. The van der Waals surface area contributed by atoms with Gasteiger partial charge in [-0.2, -0.15) is 4.98 Å². The number of anilines is 1. The van der Waals surface area contributed by atoms with Crippen LogP contribution in [0.2, 0.25) is 0 Å². The molecule has 3 rings (SSSR count). The molecule has 4 unspecified atom stereocenters. The number of aryl methyl sites for hydroxylation is 1. The van der Waals surface area contributed by atoms with Crippen molar-refractivity contribution in [2.45, 2.75) is 44.9 Å². The summed E-state index contributed by atoms with van der Waals surface area (Å²) in [6.45, 7) is 5.28. The monoisotopic (exact) mass is 278 g/mol. The lowest BCUT2D eigenvalue weighted by molar-refractivity contribution is -0.104. The summed E-state index contributed by atoms with van der Waals surface area (Å²) in [5.74, 6) is 1.63. The fraction of sp³-hybridized carbons (Fsp3) is 0.714. The number of nitrogens with two attached hydrogens (primary N) is 1. The van der Waals surface area contributed by atoms with Gasteiger partial charge in [-0.25, -0.2) is 4.98 Å². The van der Waals surface area contributed by atoms with E-state index in [2.05, 4.69) is 15.3 Å². The lowest BCUT2D eigenvalue weighted by Gasteiger charge is -2.52. The zero-order valence-corrected chi connectivity index (χ0v) is 12.0. The Bertz CT molecular complexity index is 482. The Morgan fingerprint density at radius 1 is 1.50 bits per heavy atom. The van der Waals surface area contributed by atoms with Crippen LogP contribution in [0.4, 0.5) is 5.95 Å². The third-order valence-corrected chi connectivity index (χ3v) is 4.10. The second kappa shape index (κ2) is 5.54. The maximum atomic E-state index is 6.23. The first-order valence-electron chi connectivity index (χ1n) is 7.31. The Kier molecular flexibility index (Phi) is 3.76. The molecular formula is C14H22N4O2. The maximum absolute atomic E-state index is 6.23. The lowest BCUT2D eigenvalue weighted by atomic mass is 9.69. The van der Waals surface area contributed by atoms with Crippen molar-refractivity contribution >= 4 is 5.95 Å². The fourth-order valence-corrected chi connectivity index (χ4v) is 3.10. The van der Waals surface area contributed by atoms with E-state index < -0.39 is 0 Å². The summed E-state index contributed by atoms with van der Waals surface area (Å²) in [6, 6.07) is 2.03. The summed E-state index contributed by atoms with van der Waals surface area (Å²) < 4.78 is 11.3. The molecule has 1 aliphatic heterocycles. The summed E-state index contributed by atoms with van der Waals surface area (Å²) >= 11 is 0. The van der Waals surface area contributed by atoms with Crippen LogP contribution in [0.25, 0.3) is 0 Å². The number of nitrogens with zero attached hydrogens (tertiary/aromatic N) is 2. The number of hydrogen-bond donors (Lipinski definition) is 2. The van der Waals surface area contributed by atoms with Gasteiger partial charge >= 0.3 is 0 Å². The van der Waals surface area contributed by atoms with Crippen LogP contribution in [0.3, 0.4) is 0 Å². The van der Waals surface area contributed by atoms with Crippen LogP contribution in [0.15, 0.2) is 6.07 Å². The number of aromatic nitrogens is 2. The van der Waals surface area contributed by atoms with Crippen LogP contribution < -0.4 is 15.8 Å². The Morgan fingerprint density at radius 3 is 3.15 bits per heavy atom. The van der Waals surface area contributed by atoms with E-state index in [0.29, 0.717) is 24.4 Å². The topological polar surface area (TPSA) is 82.3 Å². The van der Waals surface area contributed by atoms with Gasteiger partial charge < -0.3 is 20.5 Å². The molecular weight excluding hydrogens is 256 g/mol. The van der Waals surface area contributed by atoms with E-state index in [9.17, 15) is 0 Å². The van der Waals surface area contributed by atoms with Crippen molar-refractivity contribution < 1.29 is 9.47 Å². The summed E-state index contributed by atoms with van der Waals surface area (Å²) in [4.78, 5) is 8.76. The second-order valence-electron chi connectivity index (χ2n) is 5.49. The van der Waals surface area contributed by atoms with Crippen LogP contribution in [0.5, 0.6) is 5.88 Å². The average molecular weight is 278 g/mol. The standard InChI is InChI=1S/C14H22N4O2/c1-3-19-10-7-8(2)16-14(17-10)18-12-11(15)9-5-4-6-20-13(9)12/h7,9,11-13H,3-6,15H2,1-2H3,(H,16,17,18). The van der Waals surface area contributed by atoms with Crippen molar-refractivity contribution in [2.75, 3.05) is 18.5 Å². The Labute approximate surface area is 119 Å². The molecule has 3 N–H and O–H groups in total. The van der Waals surface area contributed by atoms with E-state index in [4.69, 9.17) is 15.2 Å². The van der Waals surface area contributed by atoms with Crippen molar-refractivity contribution in [3.8, 4) is 5.88 Å². The molecule has 20 heavy (non-hydrogen) atoms. The van der Waals surface area contributed by atoms with E-state index in [1.807, 2.05) is 19.9 Å². The quantitative estimate of drug-likeness (QED) is 0.858. The minimum Gasteiger partial charge on any atom is -0.478 e. The van der Waals surface area contributed by atoms with Crippen molar-refractivity contribution in [2.24, 2.45) is 11.7 Å². The summed E-state index contributed by atoms with van der Waals surface area (Å²) in [5.41, 5.74) is 7.11. The fourth-order valence-electron chi connectivity index (χ4n) is 3.10. The molecule has 6 nitrogen and oxygen atoms in total. The van der Waals surface area contributed by atoms with Crippen LogP contribution in [-0.2, 0) is 4.74 Å². The molecule has 1 saturated heterocycles. The molecule has 4 atom stereocenters. The molecule has 2 fully saturated rings. The van der Waals surface area contributed by atoms with Crippen LogP contribution in [0.1, 0.15) is 25.5 Å². The predicted molar refractivity (Wildman–Crippen MR) is 75.8 cm³/mol. The average Bonchev–Trinajstić information content (AvgIpc) is 2.44. The molecule has 1 aliphatic carbocycles. The highest BCUT2D eigenvalue weighted by molar-refractivity contribution is 5.35. The van der Waals surface area contributed by atoms with E-state index in [0.717, 1.165) is 25.1 Å². The predicted octanol–water partition coefficient (Wildman–Crippen LogP) is 1.10. The van der Waals surface area contributed by atoms with Gasteiger partial charge in [0.2, 0.25) is 11.8 Å². The second-order valence-corrected chi connectivity index (χ2v) is 5.49. The van der Waals surface area contributed by atoms with Gasteiger partial charge in [0.25, 0.3) is 0 Å². The third-order valence-electron chi connectivity index (χ3n) is 4.10. The normalized spacial score (nSPS) is 32.1. The molecule has 0 spiro atoms. The van der Waals surface area contributed by atoms with Crippen LogP contribution in [-0.4, -0.2) is 41.4 Å². The highest BCUT2D eigenvalue weighted by Crippen LogP contribution is 2.38. The SMILES string of the molecule is CCOc1cc(C)nc(NC2C(N)C3CCCOC32)n1. The van der Waals surface area contributed by atoms with Gasteiger partial charge in [0.1, 0.15) is 0 Å². The van der Waals surface area contributed by atoms with E-state index in [1.54, 1.807) is 0 Å². The van der Waals surface area contributed by atoms with E-state index in [-0.39, 0.29) is 18.2 Å². The molecule has 0 radical (unpaired) electrons. The Morgan fingerprint density at radius 2 is 2.35 bits per heavy atom. The molecule has 2 heterocycles. The molecule has 1 aromatic rings. The summed E-state index contributed by atoms with van der Waals surface area (Å²) in [7, 11) is 0. The third kappa shape index (κ3) is 2.45. The first kappa shape index (κ1) is 13.6. The number of hydrogen-bond acceptors (Lipinski definition) is 6. The molecule has 1 saturated carbocycles. The molecule has 6 heteroatoms. The van der Waals surface area contributed by atoms with Gasteiger partial charge in [-0.3, -0.25) is 0 Å². The molecule has 0 aromatic carbocycles. The molecule has 0 amide bonds. The van der Waals surface area contributed by atoms with Crippen LogP contribution >= 0.6 is 0 Å². The van der Waals surface area contributed by atoms with Gasteiger partial charge in [-0.05, 0) is 26.7 Å². The maximum Gasteiger partial charge on any atom is 0.226 e. The molecule has 1 aromatic heterocycles. The van der Waals surface area contributed by atoms with Crippen molar-refractivity contribution in [3.63, 3.8) is 0 Å². The lowest BCUT2D eigenvalue weighted by Crippen LogP contribution is -2.69. The van der Waals surface area contributed by atoms with Gasteiger partial charge in [0.05, 0.1) is 18.8 Å². The number of rotatable bonds is 4. The number of fused-ring (bicyclic) bond motifs is 1. The van der Waals surface area contributed by atoms with Crippen molar-refractivity contribution in [3.05, 3.63) is 11.8 Å². The summed E-state index contributed by atoms with van der Waals surface area (Å²) in [5, 5.41) is 3.31. The van der Waals surface area contributed by atoms with Crippen molar-refractivity contribution in [1.29, 1.82) is 0 Å². The first-order chi connectivity index (χ1) is 9.69. The van der Waals surface area contributed by atoms with Gasteiger partial charge in [0.15, 0.2) is 0 Å². The molecule has 0 bridgehead atoms. The van der Waals surface area contributed by atoms with Gasteiger partial charge in [0, 0.05) is 30.3 Å². The highest BCUT2D eigenvalue weighted by atomic mass is 16.5. The largest absolute Gasteiger partial charge is 0.478 e. The van der Waals surface area contributed by atoms with E-state index >= 15 is 0 Å². The highest BCUT2D eigenvalue weighted by Gasteiger charge is 2.50. The number of nitrogens with one attached hydrogen (secondary N) is 1. The minimum absolute atomic E-state index is 0.0941. The molecule has 2 aliphatic rings. The smallest absolute Gasteiger partial charge is 0.226 e. The van der Waals surface area contributed by atoms with E-state index in [1.165, 1.54) is 0 Å². The molecule has 110 valence electrons. The first-order valence-corrected chi connectivity index (χ1v) is 7.31. The zero-order valence-electron chi connectivity index (χ0n) is 12.0. The van der Waals surface area contributed by atoms with Gasteiger partial charge in [-0.15, -0.1) is 0 Å². The zero-order chi connectivity index (χ0) is 14.1. The number of ether oxygens (including phenoxy) is 2. The van der Waals surface area contributed by atoms with Crippen molar-refractivity contribution in [1.82, 2.24) is 9.97 Å². The minimum atomic E-state index is 0.0941. The van der Waals surface area contributed by atoms with Crippen LogP contribution in [0, 0.1) is 12.8 Å². The Hall–Kier alpha value is -1.40. The van der Waals surface area contributed by atoms with Gasteiger partial charge in [-0.1, -0.05) is 0 Å². The Balaban J connectivity index is 1.71.